The highest BCUT2D eigenvalue weighted by Gasteiger charge is 2.45. The Morgan fingerprint density at radius 2 is 1.93 bits per heavy atom. The van der Waals surface area contributed by atoms with E-state index in [-0.39, 0.29) is 17.9 Å². The number of carbonyl (C=O) groups excluding carboxylic acids is 2. The van der Waals surface area contributed by atoms with Crippen LogP contribution < -0.4 is 5.32 Å². The van der Waals surface area contributed by atoms with Crippen LogP contribution in [0, 0.1) is 5.41 Å². The average molecular weight is 394 g/mol. The van der Waals surface area contributed by atoms with Gasteiger partial charge in [0.15, 0.2) is 0 Å². The molecule has 1 aromatic carbocycles. The highest BCUT2D eigenvalue weighted by molar-refractivity contribution is 5.86. The Balaban J connectivity index is 1.86. The maximum Gasteiger partial charge on any atom is 0.228 e. The zero-order valence-electron chi connectivity index (χ0n) is 17.6. The van der Waals surface area contributed by atoms with Gasteiger partial charge in [0.05, 0.1) is 5.41 Å². The second-order valence-electron chi connectivity index (χ2n) is 8.34. The monoisotopic (exact) mass is 393 g/mol. The van der Waals surface area contributed by atoms with Crippen LogP contribution >= 0.6 is 0 Å². The van der Waals surface area contributed by atoms with Crippen LogP contribution in [0.15, 0.2) is 48.8 Å². The van der Waals surface area contributed by atoms with Crippen LogP contribution in [-0.4, -0.2) is 40.8 Å². The fourth-order valence-electron chi connectivity index (χ4n) is 4.08. The van der Waals surface area contributed by atoms with Crippen molar-refractivity contribution in [1.29, 1.82) is 0 Å². The van der Waals surface area contributed by atoms with E-state index < -0.39 is 5.41 Å². The van der Waals surface area contributed by atoms with Gasteiger partial charge in [-0.1, -0.05) is 31.2 Å². The average Bonchev–Trinajstić information content (AvgIpc) is 3.14. The second-order valence-corrected chi connectivity index (χ2v) is 8.34. The molecule has 3 rings (SSSR count). The SMILES string of the molecule is CCCC(=O)N1CC[C@@](Cc2cccc(-c3ccncc3)c2)(C(=O)NC(C)C)C1. The zero-order valence-corrected chi connectivity index (χ0v) is 17.6. The highest BCUT2D eigenvalue weighted by Crippen LogP contribution is 2.36. The van der Waals surface area contributed by atoms with Crippen molar-refractivity contribution in [3.63, 3.8) is 0 Å². The summed E-state index contributed by atoms with van der Waals surface area (Å²) in [6.45, 7) is 7.10. The third kappa shape index (κ3) is 5.03. The standard InChI is InChI=1S/C24H31N3O2/c1-4-6-22(28)27-14-11-24(17-27,23(29)26-18(2)3)16-19-7-5-8-21(15-19)20-9-12-25-13-10-20/h5,7-10,12-13,15,18H,4,6,11,14,16-17H2,1-3H3,(H,26,29)/t24-/m0/s1. The summed E-state index contributed by atoms with van der Waals surface area (Å²) in [6, 6.07) is 12.4. The molecule has 154 valence electrons. The van der Waals surface area contributed by atoms with Crippen molar-refractivity contribution in [2.45, 2.75) is 52.5 Å². The van der Waals surface area contributed by atoms with Crippen molar-refractivity contribution in [2.75, 3.05) is 13.1 Å². The third-order valence-electron chi connectivity index (χ3n) is 5.55. The number of hydrogen-bond acceptors (Lipinski definition) is 3. The first-order valence-electron chi connectivity index (χ1n) is 10.5. The first-order chi connectivity index (χ1) is 13.9. The molecule has 0 spiro atoms. The summed E-state index contributed by atoms with van der Waals surface area (Å²) in [4.78, 5) is 31.6. The molecule has 0 saturated carbocycles. The molecule has 1 N–H and O–H groups in total. The minimum Gasteiger partial charge on any atom is -0.353 e. The number of carbonyl (C=O) groups is 2. The molecule has 2 heterocycles. The predicted octanol–water partition coefficient (Wildman–Crippen LogP) is 3.83. The Bertz CT molecular complexity index is 850. The van der Waals surface area contributed by atoms with E-state index in [9.17, 15) is 9.59 Å². The van der Waals surface area contributed by atoms with Crippen LogP contribution in [0.4, 0.5) is 0 Å². The van der Waals surface area contributed by atoms with Gasteiger partial charge in [0.25, 0.3) is 0 Å². The molecule has 1 aromatic heterocycles. The minimum absolute atomic E-state index is 0.0496. The van der Waals surface area contributed by atoms with Crippen molar-refractivity contribution in [3.8, 4) is 11.1 Å². The van der Waals surface area contributed by atoms with E-state index in [1.165, 1.54) is 0 Å². The van der Waals surface area contributed by atoms with Crippen LogP contribution in [0.1, 0.15) is 45.6 Å². The van der Waals surface area contributed by atoms with Gasteiger partial charge >= 0.3 is 0 Å². The molecule has 1 saturated heterocycles. The summed E-state index contributed by atoms with van der Waals surface area (Å²) in [5.41, 5.74) is 2.75. The van der Waals surface area contributed by atoms with Gasteiger partial charge in [0.1, 0.15) is 0 Å². The topological polar surface area (TPSA) is 62.3 Å². The number of rotatable bonds is 7. The largest absolute Gasteiger partial charge is 0.353 e. The summed E-state index contributed by atoms with van der Waals surface area (Å²) in [6.07, 6.45) is 6.26. The molecule has 2 aromatic rings. The Morgan fingerprint density at radius 3 is 2.62 bits per heavy atom. The van der Waals surface area contributed by atoms with Crippen LogP contribution in [0.3, 0.4) is 0 Å². The molecule has 1 aliphatic heterocycles. The predicted molar refractivity (Wildman–Crippen MR) is 115 cm³/mol. The normalized spacial score (nSPS) is 18.8. The number of aromatic nitrogens is 1. The van der Waals surface area contributed by atoms with Gasteiger partial charge in [0, 0.05) is 37.9 Å². The van der Waals surface area contributed by atoms with Gasteiger partial charge < -0.3 is 10.2 Å². The minimum atomic E-state index is -0.579. The molecule has 0 unspecified atom stereocenters. The molecule has 0 aliphatic carbocycles. The van der Waals surface area contributed by atoms with E-state index in [0.29, 0.717) is 32.4 Å². The lowest BCUT2D eigenvalue weighted by Crippen LogP contribution is -2.47. The van der Waals surface area contributed by atoms with E-state index in [1.54, 1.807) is 12.4 Å². The van der Waals surface area contributed by atoms with E-state index in [0.717, 1.165) is 23.1 Å². The summed E-state index contributed by atoms with van der Waals surface area (Å²) in [7, 11) is 0. The first kappa shape index (κ1) is 21.0. The van der Waals surface area contributed by atoms with Crippen LogP contribution in [0.2, 0.25) is 0 Å². The molecule has 0 bridgehead atoms. The molecule has 1 atom stereocenters. The van der Waals surface area contributed by atoms with Gasteiger partial charge in [-0.15, -0.1) is 0 Å². The van der Waals surface area contributed by atoms with Crippen molar-refractivity contribution >= 4 is 11.8 Å². The van der Waals surface area contributed by atoms with Gasteiger partial charge in [0.2, 0.25) is 11.8 Å². The zero-order chi connectivity index (χ0) is 20.9. The number of amides is 2. The Morgan fingerprint density at radius 1 is 1.17 bits per heavy atom. The summed E-state index contributed by atoms with van der Waals surface area (Å²) >= 11 is 0. The molecular formula is C24H31N3O2. The quantitative estimate of drug-likeness (QED) is 0.777. The van der Waals surface area contributed by atoms with Gasteiger partial charge in [-0.25, -0.2) is 0 Å². The summed E-state index contributed by atoms with van der Waals surface area (Å²) < 4.78 is 0. The summed E-state index contributed by atoms with van der Waals surface area (Å²) in [5, 5.41) is 3.10. The molecule has 1 fully saturated rings. The van der Waals surface area contributed by atoms with Gasteiger partial charge in [-0.2, -0.15) is 0 Å². The highest BCUT2D eigenvalue weighted by atomic mass is 16.2. The molecule has 5 nitrogen and oxygen atoms in total. The maximum atomic E-state index is 13.2. The number of likely N-dealkylation sites (tertiary alicyclic amines) is 1. The van der Waals surface area contributed by atoms with E-state index >= 15 is 0 Å². The van der Waals surface area contributed by atoms with Crippen molar-refractivity contribution < 1.29 is 9.59 Å². The number of benzene rings is 1. The van der Waals surface area contributed by atoms with Crippen LogP contribution in [0.25, 0.3) is 11.1 Å². The van der Waals surface area contributed by atoms with E-state index in [1.807, 2.05) is 43.9 Å². The fourth-order valence-corrected chi connectivity index (χ4v) is 4.08. The molecule has 1 aliphatic rings. The number of pyridine rings is 1. The lowest BCUT2D eigenvalue weighted by atomic mass is 9.79. The molecule has 5 heteroatoms. The molecule has 29 heavy (non-hydrogen) atoms. The third-order valence-corrected chi connectivity index (χ3v) is 5.55. The van der Waals surface area contributed by atoms with E-state index in [4.69, 9.17) is 0 Å². The van der Waals surface area contributed by atoms with Crippen molar-refractivity contribution in [1.82, 2.24) is 15.2 Å². The number of nitrogens with zero attached hydrogens (tertiary/aromatic N) is 2. The molecular weight excluding hydrogens is 362 g/mol. The van der Waals surface area contributed by atoms with Gasteiger partial charge in [-0.05, 0) is 61.9 Å². The Hall–Kier alpha value is -2.69. The van der Waals surface area contributed by atoms with Crippen LogP contribution in [-0.2, 0) is 16.0 Å². The maximum absolute atomic E-state index is 13.2. The number of hydrogen-bond donors (Lipinski definition) is 1. The molecule has 2 amide bonds. The Kier molecular flexibility index (Phi) is 6.68. The smallest absolute Gasteiger partial charge is 0.228 e. The van der Waals surface area contributed by atoms with Crippen molar-refractivity contribution in [3.05, 3.63) is 54.4 Å². The fraction of sp³-hybridized carbons (Fsp3) is 0.458. The second kappa shape index (κ2) is 9.21. The van der Waals surface area contributed by atoms with Crippen molar-refractivity contribution in [2.24, 2.45) is 5.41 Å². The lowest BCUT2D eigenvalue weighted by Gasteiger charge is -2.29. The van der Waals surface area contributed by atoms with Gasteiger partial charge in [-0.3, -0.25) is 14.6 Å². The van der Waals surface area contributed by atoms with E-state index in [2.05, 4.69) is 28.5 Å². The number of nitrogens with one attached hydrogen (secondary N) is 1. The Labute approximate surface area is 173 Å². The molecule has 0 radical (unpaired) electrons. The first-order valence-corrected chi connectivity index (χ1v) is 10.5. The lowest BCUT2D eigenvalue weighted by molar-refractivity contribution is -0.133. The van der Waals surface area contributed by atoms with Crippen LogP contribution in [0.5, 0.6) is 0 Å². The summed E-state index contributed by atoms with van der Waals surface area (Å²) in [5.74, 6) is 0.200.